The lowest BCUT2D eigenvalue weighted by Crippen LogP contribution is -2.20. The molecule has 0 bridgehead atoms. The Labute approximate surface area is 141 Å². The summed E-state index contributed by atoms with van der Waals surface area (Å²) in [6.07, 6.45) is 0. The third kappa shape index (κ3) is 4.72. The predicted octanol–water partition coefficient (Wildman–Crippen LogP) is 2.57. The van der Waals surface area contributed by atoms with E-state index in [0.717, 1.165) is 4.47 Å². The lowest BCUT2D eigenvalue weighted by Gasteiger charge is -2.11. The Hall–Kier alpha value is -2.54. The van der Waals surface area contributed by atoms with Gasteiger partial charge in [0.15, 0.2) is 18.1 Å². The van der Waals surface area contributed by atoms with Crippen LogP contribution in [0.3, 0.4) is 0 Å². The molecule has 7 heteroatoms. The highest BCUT2D eigenvalue weighted by molar-refractivity contribution is 9.10. The Bertz CT molecular complexity index is 717. The molecule has 0 aliphatic heterocycles. The van der Waals surface area contributed by atoms with Gasteiger partial charge >= 0.3 is 0 Å². The Morgan fingerprint density at radius 3 is 2.43 bits per heavy atom. The Kier molecular flexibility index (Phi) is 5.59. The minimum Gasteiger partial charge on any atom is -0.493 e. The van der Waals surface area contributed by atoms with E-state index in [1.165, 1.54) is 13.2 Å². The maximum absolute atomic E-state index is 12.3. The predicted molar refractivity (Wildman–Crippen MR) is 89.8 cm³/mol. The Morgan fingerprint density at radius 2 is 1.83 bits per heavy atom. The summed E-state index contributed by atoms with van der Waals surface area (Å²) in [5.74, 6) is -0.197. The van der Waals surface area contributed by atoms with Gasteiger partial charge in [-0.05, 0) is 42.5 Å². The third-order valence-corrected chi connectivity index (χ3v) is 3.43. The van der Waals surface area contributed by atoms with Gasteiger partial charge < -0.3 is 20.5 Å². The van der Waals surface area contributed by atoms with Gasteiger partial charge in [-0.1, -0.05) is 15.9 Å². The van der Waals surface area contributed by atoms with Gasteiger partial charge in [0.25, 0.3) is 11.8 Å². The molecule has 2 rings (SSSR count). The molecule has 0 aliphatic rings. The van der Waals surface area contributed by atoms with Crippen molar-refractivity contribution in [3.8, 4) is 11.5 Å². The van der Waals surface area contributed by atoms with E-state index >= 15 is 0 Å². The number of nitrogens with two attached hydrogens (primary N) is 1. The zero-order valence-electron chi connectivity index (χ0n) is 12.3. The van der Waals surface area contributed by atoms with Crippen LogP contribution in [-0.4, -0.2) is 25.5 Å². The molecule has 0 heterocycles. The van der Waals surface area contributed by atoms with Gasteiger partial charge in [-0.25, -0.2) is 0 Å². The summed E-state index contributed by atoms with van der Waals surface area (Å²) in [7, 11) is 1.45. The molecule has 0 aromatic heterocycles. The number of halogens is 1. The molecule has 3 N–H and O–H groups in total. The number of methoxy groups -OCH3 is 1. The first kappa shape index (κ1) is 16.8. The number of carbonyl (C=O) groups is 2. The topological polar surface area (TPSA) is 90.7 Å². The van der Waals surface area contributed by atoms with Crippen LogP contribution in [0, 0.1) is 0 Å². The van der Waals surface area contributed by atoms with E-state index in [1.54, 1.807) is 24.3 Å². The molecule has 2 aromatic carbocycles. The van der Waals surface area contributed by atoms with E-state index < -0.39 is 5.91 Å². The van der Waals surface area contributed by atoms with E-state index in [2.05, 4.69) is 21.2 Å². The zero-order chi connectivity index (χ0) is 16.8. The van der Waals surface area contributed by atoms with Crippen molar-refractivity contribution >= 4 is 33.4 Å². The average Bonchev–Trinajstić information content (AvgIpc) is 2.54. The first-order valence-corrected chi connectivity index (χ1v) is 7.45. The number of anilines is 1. The molecule has 2 amide bonds. The molecule has 120 valence electrons. The molecule has 2 aromatic rings. The summed E-state index contributed by atoms with van der Waals surface area (Å²) < 4.78 is 11.3. The minimum atomic E-state index is -0.593. The highest BCUT2D eigenvalue weighted by Gasteiger charge is 2.12. The molecule has 0 saturated heterocycles. The molecule has 6 nitrogen and oxygen atoms in total. The maximum Gasteiger partial charge on any atom is 0.255 e. The van der Waals surface area contributed by atoms with Crippen molar-refractivity contribution in [3.63, 3.8) is 0 Å². The fourth-order valence-electron chi connectivity index (χ4n) is 1.81. The Morgan fingerprint density at radius 1 is 1.13 bits per heavy atom. The molecule has 23 heavy (non-hydrogen) atoms. The molecule has 0 aliphatic carbocycles. The van der Waals surface area contributed by atoms with Crippen LogP contribution in [0.25, 0.3) is 0 Å². The second-order valence-corrected chi connectivity index (χ2v) is 5.50. The van der Waals surface area contributed by atoms with Crippen molar-refractivity contribution in [1.29, 1.82) is 0 Å². The first-order valence-electron chi connectivity index (χ1n) is 6.65. The first-order chi connectivity index (χ1) is 11.0. The number of ether oxygens (including phenoxy) is 2. The van der Waals surface area contributed by atoms with Crippen molar-refractivity contribution in [1.82, 2.24) is 0 Å². The van der Waals surface area contributed by atoms with Crippen LogP contribution in [0.5, 0.6) is 11.5 Å². The van der Waals surface area contributed by atoms with E-state index in [4.69, 9.17) is 15.2 Å². The van der Waals surface area contributed by atoms with Gasteiger partial charge in [-0.15, -0.1) is 0 Å². The van der Waals surface area contributed by atoms with Crippen LogP contribution in [0.1, 0.15) is 10.4 Å². The molecule has 0 unspecified atom stereocenters. The number of primary amides is 1. The summed E-state index contributed by atoms with van der Waals surface area (Å²) >= 11 is 3.33. The molecular weight excluding hydrogens is 364 g/mol. The second-order valence-electron chi connectivity index (χ2n) is 4.58. The van der Waals surface area contributed by atoms with Gasteiger partial charge in [-0.3, -0.25) is 9.59 Å². The highest BCUT2D eigenvalue weighted by Crippen LogP contribution is 2.28. The summed E-state index contributed by atoms with van der Waals surface area (Å²) in [6.45, 7) is -0.263. The van der Waals surface area contributed by atoms with E-state index in [1.807, 2.05) is 12.1 Å². The van der Waals surface area contributed by atoms with Gasteiger partial charge in [-0.2, -0.15) is 0 Å². The van der Waals surface area contributed by atoms with Gasteiger partial charge in [0, 0.05) is 15.7 Å². The maximum atomic E-state index is 12.3. The lowest BCUT2D eigenvalue weighted by molar-refractivity contribution is -0.119. The van der Waals surface area contributed by atoms with Crippen molar-refractivity contribution in [2.24, 2.45) is 5.73 Å². The number of benzene rings is 2. The third-order valence-electron chi connectivity index (χ3n) is 2.90. The summed E-state index contributed by atoms with van der Waals surface area (Å²) in [5.41, 5.74) is 6.11. The molecule has 0 saturated carbocycles. The molecular formula is C16H15BrN2O4. The number of carbonyl (C=O) groups excluding carboxylic acids is 2. The fraction of sp³-hybridized carbons (Fsp3) is 0.125. The van der Waals surface area contributed by atoms with Crippen LogP contribution in [-0.2, 0) is 4.79 Å². The zero-order valence-corrected chi connectivity index (χ0v) is 13.9. The molecule has 0 fully saturated rings. The number of amides is 2. The largest absolute Gasteiger partial charge is 0.493 e. The number of hydrogen-bond acceptors (Lipinski definition) is 4. The molecule has 0 radical (unpaired) electrons. The molecule has 0 atom stereocenters. The van der Waals surface area contributed by atoms with Gasteiger partial charge in [0.1, 0.15) is 0 Å². The van der Waals surface area contributed by atoms with Crippen molar-refractivity contribution in [2.75, 3.05) is 19.0 Å². The van der Waals surface area contributed by atoms with Crippen LogP contribution < -0.4 is 20.5 Å². The lowest BCUT2D eigenvalue weighted by atomic mass is 10.2. The molecule has 0 spiro atoms. The van der Waals surface area contributed by atoms with E-state index in [9.17, 15) is 9.59 Å². The monoisotopic (exact) mass is 378 g/mol. The highest BCUT2D eigenvalue weighted by atomic mass is 79.9. The minimum absolute atomic E-state index is 0.263. The summed E-state index contributed by atoms with van der Waals surface area (Å²) in [6, 6.07) is 11.9. The van der Waals surface area contributed by atoms with Gasteiger partial charge in [0.2, 0.25) is 0 Å². The second kappa shape index (κ2) is 7.64. The number of rotatable bonds is 6. The summed E-state index contributed by atoms with van der Waals surface area (Å²) in [4.78, 5) is 23.0. The van der Waals surface area contributed by atoms with Crippen LogP contribution in [0.2, 0.25) is 0 Å². The van der Waals surface area contributed by atoms with Crippen LogP contribution in [0.15, 0.2) is 46.9 Å². The van der Waals surface area contributed by atoms with Crippen molar-refractivity contribution in [3.05, 3.63) is 52.5 Å². The van der Waals surface area contributed by atoms with E-state index in [0.29, 0.717) is 22.7 Å². The summed E-state index contributed by atoms with van der Waals surface area (Å²) in [5, 5.41) is 2.78. The average molecular weight is 379 g/mol. The van der Waals surface area contributed by atoms with Crippen LogP contribution in [0.4, 0.5) is 5.69 Å². The van der Waals surface area contributed by atoms with Crippen molar-refractivity contribution in [2.45, 2.75) is 0 Å². The number of hydrogen-bond donors (Lipinski definition) is 2. The van der Waals surface area contributed by atoms with E-state index in [-0.39, 0.29) is 12.5 Å². The number of nitrogens with one attached hydrogen (secondary N) is 1. The quantitative estimate of drug-likeness (QED) is 0.807. The smallest absolute Gasteiger partial charge is 0.255 e. The Balaban J connectivity index is 2.14. The normalized spacial score (nSPS) is 10.0. The van der Waals surface area contributed by atoms with Crippen LogP contribution >= 0.6 is 15.9 Å². The SMILES string of the molecule is COc1cc(C(=O)Nc2ccc(Br)cc2)ccc1OCC(N)=O. The van der Waals surface area contributed by atoms with Crippen molar-refractivity contribution < 1.29 is 19.1 Å². The van der Waals surface area contributed by atoms with Gasteiger partial charge in [0.05, 0.1) is 7.11 Å². The fourth-order valence-corrected chi connectivity index (χ4v) is 2.08. The standard InChI is InChI=1S/C16H15BrN2O4/c1-22-14-8-10(2-7-13(14)23-9-15(18)20)16(21)19-12-5-3-11(17)4-6-12/h2-8H,9H2,1H3,(H2,18,20)(H,19,21).